The van der Waals surface area contributed by atoms with E-state index in [4.69, 9.17) is 0 Å². The number of rotatable bonds is 5. The number of carbonyl (C=O) groups is 1. The average Bonchev–Trinajstić information content (AvgIpc) is 3.38. The minimum atomic E-state index is -0.202. The lowest BCUT2D eigenvalue weighted by Crippen LogP contribution is -2.39. The minimum absolute atomic E-state index is 0.153. The summed E-state index contributed by atoms with van der Waals surface area (Å²) in [6.45, 7) is 4.88. The lowest BCUT2D eigenvalue weighted by Gasteiger charge is -2.31. The molecule has 0 spiro atoms. The number of hydrogen-bond acceptors (Lipinski definition) is 6. The Labute approximate surface area is 157 Å². The first-order chi connectivity index (χ1) is 12.7. The van der Waals surface area contributed by atoms with Gasteiger partial charge in [0.05, 0.1) is 17.4 Å². The highest BCUT2D eigenvalue weighted by Gasteiger charge is 2.25. The molecular formula is C18H25N5O2S. The van der Waals surface area contributed by atoms with Crippen molar-refractivity contribution in [3.05, 3.63) is 34.3 Å². The summed E-state index contributed by atoms with van der Waals surface area (Å²) in [5.41, 5.74) is 1.77. The van der Waals surface area contributed by atoms with Crippen molar-refractivity contribution >= 4 is 17.2 Å². The summed E-state index contributed by atoms with van der Waals surface area (Å²) in [4.78, 5) is 16.6. The van der Waals surface area contributed by atoms with E-state index in [1.165, 1.54) is 0 Å². The molecule has 140 valence electrons. The van der Waals surface area contributed by atoms with Gasteiger partial charge in [0, 0.05) is 50.8 Å². The zero-order chi connectivity index (χ0) is 17.9. The summed E-state index contributed by atoms with van der Waals surface area (Å²) in [6.07, 6.45) is 4.67. The molecule has 2 aliphatic rings. The fourth-order valence-corrected chi connectivity index (χ4v) is 4.47. The predicted molar refractivity (Wildman–Crippen MR) is 98.9 cm³/mol. The Bertz CT molecular complexity index is 724. The second-order valence-electron chi connectivity index (χ2n) is 7.36. The molecule has 4 rings (SSSR count). The van der Waals surface area contributed by atoms with Gasteiger partial charge in [-0.15, -0.1) is 5.10 Å². The van der Waals surface area contributed by atoms with Crippen molar-refractivity contribution in [2.24, 2.45) is 5.92 Å². The smallest absolute Gasteiger partial charge is 0.254 e. The van der Waals surface area contributed by atoms with Gasteiger partial charge in [-0.25, -0.2) is 0 Å². The number of aromatic nitrogens is 3. The molecule has 0 saturated carbocycles. The Morgan fingerprint density at radius 3 is 2.81 bits per heavy atom. The van der Waals surface area contributed by atoms with Crippen LogP contribution in [0.5, 0.6) is 0 Å². The van der Waals surface area contributed by atoms with E-state index in [0.717, 1.165) is 69.8 Å². The summed E-state index contributed by atoms with van der Waals surface area (Å²) in [6, 6.07) is 1.90. The first-order valence-corrected chi connectivity index (χ1v) is 10.2. The van der Waals surface area contributed by atoms with E-state index in [1.807, 2.05) is 32.6 Å². The zero-order valence-corrected chi connectivity index (χ0v) is 15.6. The molecule has 0 unspecified atom stereocenters. The fraction of sp³-hybridized carbons (Fsp3) is 0.611. The molecule has 2 fully saturated rings. The van der Waals surface area contributed by atoms with Crippen molar-refractivity contribution in [1.29, 1.82) is 0 Å². The van der Waals surface area contributed by atoms with E-state index in [-0.39, 0.29) is 12.0 Å². The Morgan fingerprint density at radius 2 is 2.12 bits per heavy atom. The number of amides is 1. The molecule has 26 heavy (non-hydrogen) atoms. The van der Waals surface area contributed by atoms with E-state index in [1.54, 1.807) is 11.3 Å². The van der Waals surface area contributed by atoms with Crippen LogP contribution in [0, 0.1) is 5.92 Å². The lowest BCUT2D eigenvalue weighted by atomic mass is 9.96. The van der Waals surface area contributed by atoms with E-state index in [0.29, 0.717) is 5.92 Å². The summed E-state index contributed by atoms with van der Waals surface area (Å²) < 4.78 is 1.93. The van der Waals surface area contributed by atoms with Crippen LogP contribution in [0.2, 0.25) is 0 Å². The maximum atomic E-state index is 12.4. The van der Waals surface area contributed by atoms with Crippen molar-refractivity contribution < 1.29 is 9.90 Å². The number of aliphatic hydroxyl groups excluding tert-OH is 1. The molecule has 0 aliphatic carbocycles. The Kier molecular flexibility index (Phi) is 5.33. The molecule has 2 aromatic rings. The average molecular weight is 375 g/mol. The van der Waals surface area contributed by atoms with E-state index in [2.05, 4.69) is 15.2 Å². The Morgan fingerprint density at radius 1 is 1.27 bits per heavy atom. The molecule has 7 nitrogen and oxygen atoms in total. The number of likely N-dealkylation sites (tertiary alicyclic amines) is 2. The van der Waals surface area contributed by atoms with Crippen LogP contribution in [-0.4, -0.2) is 68.1 Å². The van der Waals surface area contributed by atoms with Gasteiger partial charge in [-0.05, 0) is 36.6 Å². The predicted octanol–water partition coefficient (Wildman–Crippen LogP) is 1.46. The van der Waals surface area contributed by atoms with Crippen molar-refractivity contribution in [3.63, 3.8) is 0 Å². The van der Waals surface area contributed by atoms with Crippen LogP contribution in [0.1, 0.15) is 35.3 Å². The lowest BCUT2D eigenvalue weighted by molar-refractivity contribution is 0.0681. The molecule has 0 bridgehead atoms. The van der Waals surface area contributed by atoms with E-state index in [9.17, 15) is 9.90 Å². The number of carbonyl (C=O) groups excluding carboxylic acids is 1. The first kappa shape index (κ1) is 17.6. The van der Waals surface area contributed by atoms with Crippen molar-refractivity contribution in [2.75, 3.05) is 26.2 Å². The first-order valence-electron chi connectivity index (χ1n) is 9.28. The number of nitrogens with zero attached hydrogens (tertiary/aromatic N) is 5. The van der Waals surface area contributed by atoms with E-state index < -0.39 is 0 Å². The Hall–Kier alpha value is -1.77. The number of thiophene rings is 1. The maximum absolute atomic E-state index is 12.4. The molecule has 8 heteroatoms. The number of aliphatic hydroxyl groups is 1. The maximum Gasteiger partial charge on any atom is 0.254 e. The highest BCUT2D eigenvalue weighted by atomic mass is 32.1. The second-order valence-corrected chi connectivity index (χ2v) is 8.14. The van der Waals surface area contributed by atoms with Crippen LogP contribution >= 0.6 is 11.3 Å². The van der Waals surface area contributed by atoms with Crippen LogP contribution in [0.25, 0.3) is 0 Å². The van der Waals surface area contributed by atoms with Crippen molar-refractivity contribution in [3.8, 4) is 0 Å². The molecule has 2 aromatic heterocycles. The van der Waals surface area contributed by atoms with Crippen LogP contribution < -0.4 is 0 Å². The van der Waals surface area contributed by atoms with Gasteiger partial charge < -0.3 is 10.0 Å². The van der Waals surface area contributed by atoms with Gasteiger partial charge in [-0.3, -0.25) is 14.4 Å². The molecule has 4 heterocycles. The third-order valence-corrected chi connectivity index (χ3v) is 6.02. The van der Waals surface area contributed by atoms with Gasteiger partial charge in [0.15, 0.2) is 0 Å². The third kappa shape index (κ3) is 4.13. The molecule has 0 aromatic carbocycles. The number of hydrogen-bond donors (Lipinski definition) is 1. The number of β-amino-alcohol motifs (C(OH)–C–C–N with tert-alkyl or cyclic N) is 1. The highest BCUT2D eigenvalue weighted by molar-refractivity contribution is 7.08. The van der Waals surface area contributed by atoms with Crippen LogP contribution in [0.3, 0.4) is 0 Å². The van der Waals surface area contributed by atoms with Gasteiger partial charge in [-0.1, -0.05) is 5.21 Å². The standard InChI is InChI=1S/C18H25N5O2S/c24-17-3-5-21(12-17)10-16-11-23(20-19-16)9-14-1-6-22(7-2-14)18(25)15-4-8-26-13-15/h4,8,11,13-14,17,24H,1-3,5-7,9-10,12H2/t17-/m1/s1. The molecule has 1 N–H and O–H groups in total. The topological polar surface area (TPSA) is 74.5 Å². The van der Waals surface area contributed by atoms with Crippen LogP contribution in [0.15, 0.2) is 23.0 Å². The molecule has 2 aliphatic heterocycles. The van der Waals surface area contributed by atoms with E-state index >= 15 is 0 Å². The number of piperidine rings is 1. The summed E-state index contributed by atoms with van der Waals surface area (Å²) in [7, 11) is 0. The van der Waals surface area contributed by atoms with Crippen molar-refractivity contribution in [1.82, 2.24) is 24.8 Å². The quantitative estimate of drug-likeness (QED) is 0.856. The molecular weight excluding hydrogens is 350 g/mol. The molecule has 1 atom stereocenters. The second kappa shape index (κ2) is 7.85. The summed E-state index contributed by atoms with van der Waals surface area (Å²) in [5, 5.41) is 22.0. The van der Waals surface area contributed by atoms with Gasteiger partial charge in [-0.2, -0.15) is 11.3 Å². The SMILES string of the molecule is O=C(c1ccsc1)N1CCC(Cn2cc(CN3CC[C@@H](O)C3)nn2)CC1. The normalized spacial score (nSPS) is 22.2. The zero-order valence-electron chi connectivity index (χ0n) is 14.8. The summed E-state index contributed by atoms with van der Waals surface area (Å²) in [5.74, 6) is 0.685. The fourth-order valence-electron chi connectivity index (χ4n) is 3.84. The molecule has 0 radical (unpaired) electrons. The van der Waals surface area contributed by atoms with Gasteiger partial charge in [0.1, 0.15) is 0 Å². The minimum Gasteiger partial charge on any atom is -0.392 e. The third-order valence-electron chi connectivity index (χ3n) is 5.33. The molecule has 1 amide bonds. The highest BCUT2D eigenvalue weighted by Crippen LogP contribution is 2.21. The van der Waals surface area contributed by atoms with Gasteiger partial charge in [0.2, 0.25) is 0 Å². The Balaban J connectivity index is 1.25. The van der Waals surface area contributed by atoms with Gasteiger partial charge >= 0.3 is 0 Å². The van der Waals surface area contributed by atoms with Crippen molar-refractivity contribution in [2.45, 2.75) is 38.5 Å². The van der Waals surface area contributed by atoms with Crippen LogP contribution in [-0.2, 0) is 13.1 Å². The van der Waals surface area contributed by atoms with Gasteiger partial charge in [0.25, 0.3) is 5.91 Å². The largest absolute Gasteiger partial charge is 0.392 e. The van der Waals surface area contributed by atoms with Crippen LogP contribution in [0.4, 0.5) is 0 Å². The molecule has 2 saturated heterocycles. The monoisotopic (exact) mass is 375 g/mol. The summed E-state index contributed by atoms with van der Waals surface area (Å²) >= 11 is 1.56.